The smallest absolute Gasteiger partial charge is 0.148 e. The fourth-order valence-electron chi connectivity index (χ4n) is 2.29. The second-order valence-electron chi connectivity index (χ2n) is 5.06. The summed E-state index contributed by atoms with van der Waals surface area (Å²) in [5.74, 6) is -0.221. The van der Waals surface area contributed by atoms with Gasteiger partial charge < -0.3 is 10.1 Å². The lowest BCUT2D eigenvalue weighted by Gasteiger charge is -2.11. The van der Waals surface area contributed by atoms with Crippen LogP contribution in [0.1, 0.15) is 0 Å². The van der Waals surface area contributed by atoms with Gasteiger partial charge in [-0.1, -0.05) is 0 Å². The quantitative estimate of drug-likeness (QED) is 0.608. The number of benzene rings is 2. The lowest BCUT2D eigenvalue weighted by molar-refractivity contribution is 0.384. The molecule has 0 unspecified atom stereocenters. The van der Waals surface area contributed by atoms with E-state index in [-0.39, 0.29) is 5.69 Å². The van der Waals surface area contributed by atoms with Crippen LogP contribution in [-0.4, -0.2) is 22.3 Å². The molecule has 0 spiro atoms. The third-order valence-electron chi connectivity index (χ3n) is 3.47. The van der Waals surface area contributed by atoms with Crippen LogP contribution in [0, 0.1) is 11.6 Å². The predicted octanol–water partition coefficient (Wildman–Crippen LogP) is 3.98. The van der Waals surface area contributed by atoms with Crippen LogP contribution in [0.15, 0.2) is 48.8 Å². The zero-order valence-electron chi connectivity index (χ0n) is 13.1. The Morgan fingerprint density at radius 3 is 2.64 bits per heavy atom. The first-order chi connectivity index (χ1) is 12.1. The van der Waals surface area contributed by atoms with E-state index in [9.17, 15) is 8.78 Å². The number of anilines is 3. The minimum absolute atomic E-state index is 0.0699. The van der Waals surface area contributed by atoms with Gasteiger partial charge in [0.1, 0.15) is 29.5 Å². The van der Waals surface area contributed by atoms with Gasteiger partial charge in [0.05, 0.1) is 18.5 Å². The summed E-state index contributed by atoms with van der Waals surface area (Å²) in [6, 6.07) is 9.87. The number of aromatic nitrogens is 2. The van der Waals surface area contributed by atoms with E-state index in [1.807, 2.05) is 0 Å². The molecule has 25 heavy (non-hydrogen) atoms. The molecule has 0 radical (unpaired) electrons. The standard InChI is InChI=1S/C17H14F2N4O2/c1-25-16-6-10(18)2-4-12(16)14-8-17(21-9-20-14)22-11-3-5-13(19)15(7-11)23-24/h2-9,23-24H,1H3,(H,20,21,22). The molecule has 0 saturated heterocycles. The van der Waals surface area contributed by atoms with Crippen molar-refractivity contribution in [3.05, 3.63) is 60.4 Å². The van der Waals surface area contributed by atoms with Crippen LogP contribution in [0.3, 0.4) is 0 Å². The van der Waals surface area contributed by atoms with Crippen molar-refractivity contribution in [3.8, 4) is 17.0 Å². The summed E-state index contributed by atoms with van der Waals surface area (Å²) in [5, 5.41) is 11.9. The van der Waals surface area contributed by atoms with E-state index >= 15 is 0 Å². The van der Waals surface area contributed by atoms with Gasteiger partial charge in [-0.3, -0.25) is 10.7 Å². The molecule has 0 aliphatic heterocycles. The van der Waals surface area contributed by atoms with Crippen molar-refractivity contribution in [1.82, 2.24) is 9.97 Å². The van der Waals surface area contributed by atoms with Crippen molar-refractivity contribution in [2.75, 3.05) is 17.9 Å². The summed E-state index contributed by atoms with van der Waals surface area (Å²) >= 11 is 0. The van der Waals surface area contributed by atoms with Crippen LogP contribution >= 0.6 is 0 Å². The number of nitrogens with zero attached hydrogens (tertiary/aromatic N) is 2. The lowest BCUT2D eigenvalue weighted by Crippen LogP contribution is -1.99. The van der Waals surface area contributed by atoms with Crippen LogP contribution in [-0.2, 0) is 0 Å². The number of hydrogen-bond acceptors (Lipinski definition) is 6. The second-order valence-corrected chi connectivity index (χ2v) is 5.06. The Labute approximate surface area is 142 Å². The van der Waals surface area contributed by atoms with Gasteiger partial charge in [0.25, 0.3) is 0 Å². The molecule has 0 aliphatic carbocycles. The highest BCUT2D eigenvalue weighted by Gasteiger charge is 2.10. The van der Waals surface area contributed by atoms with Crippen molar-refractivity contribution in [2.45, 2.75) is 0 Å². The van der Waals surface area contributed by atoms with Crippen LogP contribution < -0.4 is 15.5 Å². The molecule has 3 N–H and O–H groups in total. The molecule has 6 nitrogen and oxygen atoms in total. The Bertz CT molecular complexity index is 906. The molecule has 2 aromatic carbocycles. The average Bonchev–Trinajstić information content (AvgIpc) is 2.63. The Hall–Kier alpha value is -3.26. The molecule has 0 saturated carbocycles. The number of methoxy groups -OCH3 is 1. The SMILES string of the molecule is COc1cc(F)ccc1-c1cc(Nc2ccc(F)c(NO)c2)ncn1. The molecule has 0 bridgehead atoms. The van der Waals surface area contributed by atoms with Crippen molar-refractivity contribution in [1.29, 1.82) is 0 Å². The zero-order chi connectivity index (χ0) is 17.8. The van der Waals surface area contributed by atoms with E-state index in [4.69, 9.17) is 9.94 Å². The number of nitrogens with one attached hydrogen (secondary N) is 2. The van der Waals surface area contributed by atoms with Crippen molar-refractivity contribution < 1.29 is 18.7 Å². The summed E-state index contributed by atoms with van der Waals surface area (Å²) < 4.78 is 31.9. The van der Waals surface area contributed by atoms with E-state index in [2.05, 4.69) is 15.3 Å². The van der Waals surface area contributed by atoms with Gasteiger partial charge in [-0.05, 0) is 30.3 Å². The van der Waals surface area contributed by atoms with Crippen LogP contribution in [0.4, 0.5) is 26.0 Å². The Morgan fingerprint density at radius 1 is 1.04 bits per heavy atom. The van der Waals surface area contributed by atoms with Gasteiger partial charge in [-0.25, -0.2) is 18.7 Å². The first-order valence-corrected chi connectivity index (χ1v) is 7.23. The fourth-order valence-corrected chi connectivity index (χ4v) is 2.29. The van der Waals surface area contributed by atoms with Crippen molar-refractivity contribution >= 4 is 17.2 Å². The third-order valence-corrected chi connectivity index (χ3v) is 3.47. The molecule has 0 amide bonds. The zero-order valence-corrected chi connectivity index (χ0v) is 13.1. The minimum Gasteiger partial charge on any atom is -0.496 e. The van der Waals surface area contributed by atoms with Crippen molar-refractivity contribution in [2.24, 2.45) is 0 Å². The first kappa shape index (κ1) is 16.6. The molecular formula is C17H14F2N4O2. The molecule has 128 valence electrons. The van der Waals surface area contributed by atoms with Crippen LogP contribution in [0.5, 0.6) is 5.75 Å². The molecule has 8 heteroatoms. The summed E-state index contributed by atoms with van der Waals surface area (Å²) in [4.78, 5) is 8.27. The minimum atomic E-state index is -0.590. The van der Waals surface area contributed by atoms with E-state index in [0.29, 0.717) is 28.5 Å². The van der Waals surface area contributed by atoms with Gasteiger partial charge in [0, 0.05) is 23.4 Å². The van der Waals surface area contributed by atoms with E-state index < -0.39 is 11.6 Å². The average molecular weight is 344 g/mol. The number of rotatable bonds is 5. The Balaban J connectivity index is 1.92. The molecule has 0 atom stereocenters. The summed E-state index contributed by atoms with van der Waals surface area (Å²) in [6.45, 7) is 0. The third kappa shape index (κ3) is 3.64. The summed E-state index contributed by atoms with van der Waals surface area (Å²) in [6.07, 6.45) is 1.34. The highest BCUT2D eigenvalue weighted by molar-refractivity contribution is 5.71. The summed E-state index contributed by atoms with van der Waals surface area (Å²) in [7, 11) is 1.44. The van der Waals surface area contributed by atoms with Gasteiger partial charge in [-0.2, -0.15) is 0 Å². The largest absolute Gasteiger partial charge is 0.496 e. The van der Waals surface area contributed by atoms with Gasteiger partial charge in [0.2, 0.25) is 0 Å². The van der Waals surface area contributed by atoms with E-state index in [1.165, 1.54) is 43.8 Å². The Morgan fingerprint density at radius 2 is 1.88 bits per heavy atom. The lowest BCUT2D eigenvalue weighted by atomic mass is 10.1. The number of hydrogen-bond donors (Lipinski definition) is 3. The second kappa shape index (κ2) is 7.10. The Kier molecular flexibility index (Phi) is 4.71. The van der Waals surface area contributed by atoms with E-state index in [0.717, 1.165) is 0 Å². The van der Waals surface area contributed by atoms with Gasteiger partial charge in [0.15, 0.2) is 0 Å². The van der Waals surface area contributed by atoms with Gasteiger partial charge in [-0.15, -0.1) is 0 Å². The molecule has 1 heterocycles. The monoisotopic (exact) mass is 344 g/mol. The number of halogens is 2. The van der Waals surface area contributed by atoms with Crippen molar-refractivity contribution in [3.63, 3.8) is 0 Å². The molecule has 0 fully saturated rings. The maximum Gasteiger partial charge on any atom is 0.148 e. The molecule has 3 aromatic rings. The topological polar surface area (TPSA) is 79.3 Å². The molecule has 1 aromatic heterocycles. The fraction of sp³-hybridized carbons (Fsp3) is 0.0588. The van der Waals surface area contributed by atoms with E-state index in [1.54, 1.807) is 17.6 Å². The summed E-state index contributed by atoms with van der Waals surface area (Å²) in [5.41, 5.74) is 3.35. The number of ether oxygens (including phenoxy) is 1. The molecular weight excluding hydrogens is 330 g/mol. The van der Waals surface area contributed by atoms with Crippen LogP contribution in [0.2, 0.25) is 0 Å². The highest BCUT2D eigenvalue weighted by Crippen LogP contribution is 2.30. The highest BCUT2D eigenvalue weighted by atomic mass is 19.1. The predicted molar refractivity (Wildman–Crippen MR) is 89.1 cm³/mol. The molecule has 3 rings (SSSR count). The first-order valence-electron chi connectivity index (χ1n) is 7.23. The molecule has 0 aliphatic rings. The van der Waals surface area contributed by atoms with Gasteiger partial charge >= 0.3 is 0 Å². The maximum atomic E-state index is 13.4. The normalized spacial score (nSPS) is 10.4. The van der Waals surface area contributed by atoms with Crippen LogP contribution in [0.25, 0.3) is 11.3 Å². The maximum absolute atomic E-state index is 13.4.